The van der Waals surface area contributed by atoms with Crippen molar-refractivity contribution in [3.05, 3.63) is 173 Å². The Morgan fingerprint density at radius 2 is 1.19 bits per heavy atom. The van der Waals surface area contributed by atoms with E-state index >= 15 is 0 Å². The molecule has 4 aliphatic heterocycles. The molecule has 5 heterocycles. The van der Waals surface area contributed by atoms with Gasteiger partial charge in [-0.3, -0.25) is 4.90 Å². The number of amides is 3. The Labute approximate surface area is 417 Å². The number of halogens is 7. The number of nitrogens with zero attached hydrogens (tertiary/aromatic N) is 7. The van der Waals surface area contributed by atoms with Crippen molar-refractivity contribution in [2.45, 2.75) is 49.4 Å². The maximum Gasteiger partial charge on any atom is 0.416 e. The van der Waals surface area contributed by atoms with Crippen LogP contribution < -0.4 is 33.9 Å². The van der Waals surface area contributed by atoms with Crippen LogP contribution in [0.3, 0.4) is 0 Å². The number of urea groups is 1. The third-order valence-corrected chi connectivity index (χ3v) is 13.0. The highest BCUT2D eigenvalue weighted by molar-refractivity contribution is 5.84. The Balaban J connectivity index is 0.000000188. The number of aromatic nitrogens is 2. The van der Waals surface area contributed by atoms with Gasteiger partial charge >= 0.3 is 12.1 Å². The molecular formula is C52H59F6IN8O2. The van der Waals surface area contributed by atoms with Crippen molar-refractivity contribution in [1.29, 1.82) is 0 Å². The van der Waals surface area contributed by atoms with Gasteiger partial charge in [-0.05, 0) is 99.2 Å². The van der Waals surface area contributed by atoms with E-state index in [1.54, 1.807) is 46.2 Å². The molecule has 6 atom stereocenters. The average molecular weight is 1070 g/mol. The molecule has 368 valence electrons. The van der Waals surface area contributed by atoms with Crippen LogP contribution in [0.5, 0.6) is 0 Å². The number of aryl methyl sites for hydroxylation is 1. The Bertz CT molecular complexity index is 2580. The fraction of sp³-hybridized carbons (Fsp3) is 0.365. The summed E-state index contributed by atoms with van der Waals surface area (Å²) >= 11 is 0. The van der Waals surface area contributed by atoms with Crippen molar-refractivity contribution >= 4 is 23.2 Å². The van der Waals surface area contributed by atoms with E-state index in [0.717, 1.165) is 54.4 Å². The number of nitrogens with one attached hydrogen (secondary N) is 1. The summed E-state index contributed by atoms with van der Waals surface area (Å²) in [7, 11) is 9.09. The lowest BCUT2D eigenvalue weighted by Gasteiger charge is -2.40. The molecule has 69 heavy (non-hydrogen) atoms. The largest absolute Gasteiger partial charge is 1.00 e. The number of carbonyl (C=O) groups excluding carboxylic acids is 2. The summed E-state index contributed by atoms with van der Waals surface area (Å²) in [4.78, 5) is 35.1. The SMILES string of the molecule is CN1CC[C@H](N(C)C(=O)N2CC(c3cc(F)ccc3F)=C[C@H]2c2ccccc2)[C@H](F)C1.CN[C@H]1CCN(C)C[C@H]1F.C[n+]1ccn(C(=O)N2CC(c3cc(F)ccc3F)=C[C@H]2c2ccccc2)c1.[I-]. The van der Waals surface area contributed by atoms with Gasteiger partial charge in [-0.15, -0.1) is 0 Å². The average Bonchev–Trinajstić information content (AvgIpc) is 4.10. The van der Waals surface area contributed by atoms with E-state index in [9.17, 15) is 35.9 Å². The van der Waals surface area contributed by atoms with Crippen LogP contribution in [0.1, 0.15) is 47.2 Å². The Morgan fingerprint density at radius 1 is 0.696 bits per heavy atom. The highest BCUT2D eigenvalue weighted by Gasteiger charge is 2.39. The van der Waals surface area contributed by atoms with Crippen LogP contribution >= 0.6 is 0 Å². The van der Waals surface area contributed by atoms with Crippen LogP contribution in [-0.2, 0) is 7.05 Å². The van der Waals surface area contributed by atoms with Gasteiger partial charge in [0.2, 0.25) is 0 Å². The number of likely N-dealkylation sites (tertiary alicyclic amines) is 2. The van der Waals surface area contributed by atoms with Crippen LogP contribution in [0, 0.1) is 23.3 Å². The smallest absolute Gasteiger partial charge is 0.416 e. The van der Waals surface area contributed by atoms with E-state index in [1.165, 1.54) is 15.5 Å². The van der Waals surface area contributed by atoms with Crippen molar-refractivity contribution in [3.8, 4) is 0 Å². The number of hydrogen-bond acceptors (Lipinski definition) is 5. The molecule has 0 spiro atoms. The highest BCUT2D eigenvalue weighted by Crippen LogP contribution is 2.38. The van der Waals surface area contributed by atoms with Crippen LogP contribution in [-0.4, -0.2) is 133 Å². The normalized spacial score (nSPS) is 22.6. The fourth-order valence-electron chi connectivity index (χ4n) is 9.21. The molecule has 10 nitrogen and oxygen atoms in total. The molecule has 3 amide bonds. The first-order valence-electron chi connectivity index (χ1n) is 22.7. The van der Waals surface area contributed by atoms with Gasteiger partial charge in [-0.2, -0.15) is 4.57 Å². The monoisotopic (exact) mass is 1070 g/mol. The summed E-state index contributed by atoms with van der Waals surface area (Å²) in [5.74, 6) is -2.09. The van der Waals surface area contributed by atoms with Gasteiger partial charge in [0.05, 0.1) is 31.7 Å². The van der Waals surface area contributed by atoms with Gasteiger partial charge in [-0.25, -0.2) is 40.5 Å². The van der Waals surface area contributed by atoms with Crippen molar-refractivity contribution in [3.63, 3.8) is 0 Å². The molecule has 1 N–H and O–H groups in total. The second-order valence-corrected chi connectivity index (χ2v) is 17.9. The first kappa shape index (κ1) is 52.9. The minimum absolute atomic E-state index is 0. The quantitative estimate of drug-likeness (QED) is 0.139. The number of piperidine rings is 2. The van der Waals surface area contributed by atoms with Crippen molar-refractivity contribution < 1.29 is 64.5 Å². The minimum Gasteiger partial charge on any atom is -1.00 e. The zero-order valence-corrected chi connectivity index (χ0v) is 41.5. The van der Waals surface area contributed by atoms with Crippen molar-refractivity contribution in [1.82, 2.24) is 34.4 Å². The summed E-state index contributed by atoms with van der Waals surface area (Å²) in [5, 5.41) is 2.97. The predicted octanol–water partition coefficient (Wildman–Crippen LogP) is 5.45. The summed E-state index contributed by atoms with van der Waals surface area (Å²) in [6.07, 6.45) is 8.37. The zero-order chi connectivity index (χ0) is 48.6. The van der Waals surface area contributed by atoms with Gasteiger partial charge in [0, 0.05) is 50.4 Å². The van der Waals surface area contributed by atoms with Gasteiger partial charge in [0.15, 0.2) is 0 Å². The third-order valence-electron chi connectivity index (χ3n) is 13.0. The molecule has 5 aromatic rings. The summed E-state index contributed by atoms with van der Waals surface area (Å²) < 4.78 is 87.1. The zero-order valence-electron chi connectivity index (χ0n) is 39.3. The van der Waals surface area contributed by atoms with Gasteiger partial charge < -0.3 is 48.9 Å². The van der Waals surface area contributed by atoms with Crippen LogP contribution in [0.25, 0.3) is 11.1 Å². The molecule has 4 aromatic carbocycles. The van der Waals surface area contributed by atoms with E-state index in [0.29, 0.717) is 30.7 Å². The number of imidazole rings is 1. The lowest BCUT2D eigenvalue weighted by Crippen LogP contribution is -3.00. The first-order chi connectivity index (χ1) is 32.6. The van der Waals surface area contributed by atoms with Crippen molar-refractivity contribution in [2.24, 2.45) is 7.05 Å². The van der Waals surface area contributed by atoms with Crippen LogP contribution in [0.4, 0.5) is 35.9 Å². The van der Waals surface area contributed by atoms with Gasteiger partial charge in [0.1, 0.15) is 48.0 Å². The van der Waals surface area contributed by atoms with Gasteiger partial charge in [0.25, 0.3) is 6.33 Å². The topological polar surface area (TPSA) is 71.2 Å². The van der Waals surface area contributed by atoms with E-state index in [4.69, 9.17) is 0 Å². The molecule has 2 fully saturated rings. The maximum atomic E-state index is 14.7. The number of carbonyl (C=O) groups is 2. The molecule has 0 unspecified atom stereocenters. The molecule has 0 bridgehead atoms. The van der Waals surface area contributed by atoms with Gasteiger partial charge in [-0.1, -0.05) is 72.8 Å². The van der Waals surface area contributed by atoms with Crippen LogP contribution in [0.15, 0.2) is 128 Å². The first-order valence-corrected chi connectivity index (χ1v) is 22.7. The summed E-state index contributed by atoms with van der Waals surface area (Å²) in [6.45, 7) is 2.88. The second-order valence-electron chi connectivity index (χ2n) is 17.9. The third kappa shape index (κ3) is 12.8. The van der Waals surface area contributed by atoms with E-state index in [1.807, 2.05) is 105 Å². The lowest BCUT2D eigenvalue weighted by molar-refractivity contribution is -0.670. The summed E-state index contributed by atoms with van der Waals surface area (Å²) in [6, 6.07) is 23.8. The Hall–Kier alpha value is -5.50. The van der Waals surface area contributed by atoms with Crippen LogP contribution in [0.2, 0.25) is 0 Å². The number of benzene rings is 4. The molecule has 0 aliphatic carbocycles. The van der Waals surface area contributed by atoms with E-state index in [2.05, 4.69) is 5.32 Å². The highest BCUT2D eigenvalue weighted by atomic mass is 127. The number of hydrogen-bond donors (Lipinski definition) is 1. The molecule has 0 radical (unpaired) electrons. The molecule has 4 aliphatic rings. The molecular weight excluding hydrogens is 1010 g/mol. The molecule has 9 rings (SSSR count). The predicted molar refractivity (Wildman–Crippen MR) is 251 cm³/mol. The Kier molecular flexibility index (Phi) is 18.3. The molecule has 2 saturated heterocycles. The molecule has 17 heteroatoms. The van der Waals surface area contributed by atoms with E-state index in [-0.39, 0.29) is 78.9 Å². The standard InChI is InChI=1S/C24H26F3N3O.C21H18F2N3O.C7H15FN2.HI/c1-28-11-10-22(21(27)15-28)29(2)24(31)30-14-17(19-13-18(25)8-9-20(19)26)12-23(30)16-6-4-3-5-7-16;1-24-9-10-25(14-24)21(27)26-13-16(18-12-17(22)7-8-19(18)23)11-20(26)15-5-3-2-4-6-15;1-9-7-3-4-10(2)5-6(7)8;/h3-9,12-13,21-23H,10-11,14-15H2,1-2H3;2-12,14,20H,13H2,1H3;6-7,9H,3-5H2,1-2H3;1H/q;+1;;/p-1/t21-,22+,23+;20-;6-,7+;/m101./s1. The molecule has 1 aromatic heterocycles. The van der Waals surface area contributed by atoms with E-state index < -0.39 is 47.7 Å². The molecule has 0 saturated carbocycles. The van der Waals surface area contributed by atoms with Crippen molar-refractivity contribution in [2.75, 3.05) is 67.5 Å². The lowest BCUT2D eigenvalue weighted by atomic mass is 10.0. The fourth-order valence-corrected chi connectivity index (χ4v) is 9.21. The maximum absolute atomic E-state index is 14.7. The second kappa shape index (κ2) is 23.9. The number of rotatable bonds is 6. The summed E-state index contributed by atoms with van der Waals surface area (Å²) in [5.41, 5.74) is 3.22. The minimum atomic E-state index is -1.14. The Morgan fingerprint density at radius 3 is 1.67 bits per heavy atom. The number of alkyl halides is 2.